The molecule has 0 saturated carbocycles. The van der Waals surface area contributed by atoms with Crippen LogP contribution in [0, 0.1) is 5.82 Å². The molecule has 7 heteroatoms. The van der Waals surface area contributed by atoms with Gasteiger partial charge in [-0.3, -0.25) is 9.69 Å². The Morgan fingerprint density at radius 2 is 1.93 bits per heavy atom. The zero-order valence-corrected chi connectivity index (χ0v) is 16.5. The molecule has 3 rings (SSSR count). The largest absolute Gasteiger partial charge is 0.476 e. The van der Waals surface area contributed by atoms with Gasteiger partial charge in [0.2, 0.25) is 5.91 Å². The molecule has 1 fully saturated rings. The lowest BCUT2D eigenvalue weighted by Gasteiger charge is -2.40. The maximum atomic E-state index is 13.1. The van der Waals surface area contributed by atoms with E-state index in [2.05, 4.69) is 11.3 Å². The van der Waals surface area contributed by atoms with E-state index in [0.717, 1.165) is 5.56 Å². The Kier molecular flexibility index (Phi) is 6.65. The molecule has 1 aliphatic rings. The zero-order chi connectivity index (χ0) is 20.8. The summed E-state index contributed by atoms with van der Waals surface area (Å²) >= 11 is 0. The number of amides is 1. The monoisotopic (exact) mass is 397 g/mol. The minimum Gasteiger partial charge on any atom is -0.476 e. The van der Waals surface area contributed by atoms with Crippen LogP contribution in [0.1, 0.15) is 19.4 Å². The van der Waals surface area contributed by atoms with Crippen molar-refractivity contribution in [2.45, 2.75) is 26.4 Å². The quantitative estimate of drug-likeness (QED) is 0.760. The molecule has 29 heavy (non-hydrogen) atoms. The van der Waals surface area contributed by atoms with Gasteiger partial charge in [0, 0.05) is 26.6 Å². The third-order valence-electron chi connectivity index (χ3n) is 4.92. The third-order valence-corrected chi connectivity index (χ3v) is 4.92. The number of piperazine rings is 1. The molecule has 152 valence electrons. The Labute approximate surface area is 169 Å². The molecule has 2 aromatic carbocycles. The predicted octanol–water partition coefficient (Wildman–Crippen LogP) is 3.04. The van der Waals surface area contributed by atoms with Gasteiger partial charge < -0.3 is 15.0 Å². The van der Waals surface area contributed by atoms with Crippen molar-refractivity contribution in [2.24, 2.45) is 0 Å². The number of ether oxygens (including phenoxy) is 1. The second-order valence-electron chi connectivity index (χ2n) is 6.97. The molecule has 1 N–H and O–H groups in total. The first kappa shape index (κ1) is 20.6. The molecular weight excluding hydrogens is 373 g/mol. The van der Waals surface area contributed by atoms with Crippen LogP contribution in [-0.2, 0) is 16.1 Å². The number of hydrogen-bond donors (Lipinski definition) is 1. The first-order valence-electron chi connectivity index (χ1n) is 9.46. The average Bonchev–Trinajstić information content (AvgIpc) is 2.70. The fourth-order valence-electron chi connectivity index (χ4n) is 3.34. The number of para-hydroxylation sites is 2. The maximum absolute atomic E-state index is 13.1. The van der Waals surface area contributed by atoms with Crippen LogP contribution in [0.5, 0.6) is 5.75 Å². The molecule has 0 aliphatic carbocycles. The molecule has 1 heterocycles. The van der Waals surface area contributed by atoms with E-state index in [-0.39, 0.29) is 24.5 Å². The summed E-state index contributed by atoms with van der Waals surface area (Å²) in [4.78, 5) is 27.0. The second-order valence-corrected chi connectivity index (χ2v) is 6.97. The van der Waals surface area contributed by atoms with Crippen molar-refractivity contribution in [1.29, 1.82) is 0 Å². The Morgan fingerprint density at radius 3 is 2.62 bits per heavy atom. The summed E-state index contributed by atoms with van der Waals surface area (Å²) in [5.74, 6) is 2.18. The first-order valence-corrected chi connectivity index (χ1v) is 9.46. The van der Waals surface area contributed by atoms with Crippen LogP contribution in [0.2, 0.25) is 0 Å². The zero-order valence-electron chi connectivity index (χ0n) is 16.5. The summed E-state index contributed by atoms with van der Waals surface area (Å²) in [6.07, 6.45) is 0. The van der Waals surface area contributed by atoms with Crippen LogP contribution in [-0.4, -0.2) is 47.5 Å². The summed E-state index contributed by atoms with van der Waals surface area (Å²) in [5, 5.41) is 2.75. The Hall–Kier alpha value is -3.15. The summed E-state index contributed by atoms with van der Waals surface area (Å²) in [6, 6.07) is 13.3. The van der Waals surface area contributed by atoms with Crippen LogP contribution in [0.4, 0.5) is 10.1 Å². The van der Waals surface area contributed by atoms with Crippen LogP contribution < -0.4 is 10.1 Å². The van der Waals surface area contributed by atoms with Gasteiger partial charge in [-0.05, 0) is 36.8 Å². The van der Waals surface area contributed by atoms with Crippen LogP contribution >= 0.6 is 0 Å². The lowest BCUT2D eigenvalue weighted by molar-refractivity contribution is -0.114. The van der Waals surface area contributed by atoms with Crippen molar-refractivity contribution < 1.29 is 18.7 Å². The number of carbonyl (C=O) groups excluding carboxylic acids is 2. The number of rotatable bonds is 6. The van der Waals surface area contributed by atoms with Gasteiger partial charge >= 0.3 is 0 Å². The van der Waals surface area contributed by atoms with E-state index in [9.17, 15) is 14.0 Å². The normalized spacial score (nSPS) is 17.0. The first-order chi connectivity index (χ1) is 14.0. The van der Waals surface area contributed by atoms with Gasteiger partial charge in [-0.15, -0.1) is 0 Å². The van der Waals surface area contributed by atoms with Gasteiger partial charge in [-0.2, -0.15) is 0 Å². The van der Waals surface area contributed by atoms with Gasteiger partial charge in [0.1, 0.15) is 29.9 Å². The number of anilines is 1. The van der Waals surface area contributed by atoms with Gasteiger partial charge in [-0.25, -0.2) is 9.18 Å². The number of nitrogens with zero attached hydrogens (tertiary/aromatic N) is 2. The van der Waals surface area contributed by atoms with E-state index < -0.39 is 0 Å². The van der Waals surface area contributed by atoms with Crippen LogP contribution in [0.25, 0.3) is 0 Å². The molecule has 1 atom stereocenters. The lowest BCUT2D eigenvalue weighted by atomic mass is 10.1. The van der Waals surface area contributed by atoms with E-state index in [4.69, 9.17) is 4.74 Å². The predicted molar refractivity (Wildman–Crippen MR) is 108 cm³/mol. The average molecular weight is 397 g/mol. The van der Waals surface area contributed by atoms with Crippen molar-refractivity contribution in [3.05, 3.63) is 65.6 Å². The summed E-state index contributed by atoms with van der Waals surface area (Å²) in [5.41, 5.74) is 2.08. The number of halogens is 1. The topological polar surface area (TPSA) is 61.9 Å². The highest BCUT2D eigenvalue weighted by atomic mass is 19.1. The molecule has 1 amide bonds. The van der Waals surface area contributed by atoms with Crippen LogP contribution in [0.15, 0.2) is 54.2 Å². The molecule has 2 aromatic rings. The molecule has 1 saturated heterocycles. The fraction of sp³-hybridized carbons (Fsp3) is 0.318. The number of hydrogen-bond acceptors (Lipinski definition) is 5. The van der Waals surface area contributed by atoms with E-state index in [1.807, 2.05) is 28.9 Å². The highest BCUT2D eigenvalue weighted by Gasteiger charge is 2.29. The summed E-state index contributed by atoms with van der Waals surface area (Å²) in [6.45, 7) is 5.49. The van der Waals surface area contributed by atoms with Crippen molar-refractivity contribution in [2.75, 3.05) is 25.1 Å². The van der Waals surface area contributed by atoms with E-state index in [1.165, 1.54) is 19.1 Å². The smallest absolute Gasteiger partial charge is 0.221 e. The van der Waals surface area contributed by atoms with E-state index in [1.54, 1.807) is 24.3 Å². The SMILES string of the molecule is CC(=O)Nc1ccccc1OCN1CCN(Cc2ccc(F)cc2)C(=C=O)C1C. The minimum atomic E-state index is -0.283. The van der Waals surface area contributed by atoms with Crippen molar-refractivity contribution in [3.8, 4) is 5.75 Å². The van der Waals surface area contributed by atoms with Gasteiger partial charge in [0.15, 0.2) is 0 Å². The van der Waals surface area contributed by atoms with Gasteiger partial charge in [0.05, 0.1) is 11.7 Å². The molecule has 0 bridgehead atoms. The standard InChI is InChI=1S/C22H24FN3O3/c1-16-21(14-27)25(13-18-7-9-19(23)10-8-18)11-12-26(16)15-29-22-6-4-3-5-20(22)24-17(2)28/h3-10,16H,11-13,15H2,1-2H3,(H,24,28). The molecule has 1 aliphatic heterocycles. The Bertz CT molecular complexity index is 910. The number of benzene rings is 2. The third kappa shape index (κ3) is 5.22. The van der Waals surface area contributed by atoms with Crippen molar-refractivity contribution >= 4 is 17.5 Å². The number of carbonyl (C=O) groups is 1. The lowest BCUT2D eigenvalue weighted by Crippen LogP contribution is -2.51. The molecule has 0 aromatic heterocycles. The highest BCUT2D eigenvalue weighted by Crippen LogP contribution is 2.26. The van der Waals surface area contributed by atoms with E-state index >= 15 is 0 Å². The van der Waals surface area contributed by atoms with Gasteiger partial charge in [-0.1, -0.05) is 24.3 Å². The molecule has 1 unspecified atom stereocenters. The molecule has 0 spiro atoms. The highest BCUT2D eigenvalue weighted by molar-refractivity contribution is 5.90. The molecule has 0 radical (unpaired) electrons. The Balaban J connectivity index is 1.64. The second kappa shape index (κ2) is 9.37. The fourth-order valence-corrected chi connectivity index (χ4v) is 3.34. The van der Waals surface area contributed by atoms with Crippen molar-refractivity contribution in [1.82, 2.24) is 9.80 Å². The Morgan fingerprint density at radius 1 is 1.21 bits per heavy atom. The number of nitrogens with one attached hydrogen (secondary N) is 1. The van der Waals surface area contributed by atoms with Crippen molar-refractivity contribution in [3.63, 3.8) is 0 Å². The summed E-state index contributed by atoms with van der Waals surface area (Å²) in [7, 11) is 0. The van der Waals surface area contributed by atoms with E-state index in [0.29, 0.717) is 36.8 Å². The molecular formula is C22H24FN3O3. The van der Waals surface area contributed by atoms with Crippen LogP contribution in [0.3, 0.4) is 0 Å². The van der Waals surface area contributed by atoms with Gasteiger partial charge in [0.25, 0.3) is 0 Å². The maximum Gasteiger partial charge on any atom is 0.221 e. The molecule has 6 nitrogen and oxygen atoms in total. The minimum absolute atomic E-state index is 0.171. The summed E-state index contributed by atoms with van der Waals surface area (Å²) < 4.78 is 19.0.